The molecule has 1 atom stereocenters. The lowest BCUT2D eigenvalue weighted by Crippen LogP contribution is -2.19. The number of hydrogen-bond acceptors (Lipinski definition) is 4. The molecule has 0 aliphatic rings. The van der Waals surface area contributed by atoms with Crippen LogP contribution in [0.15, 0.2) is 42.6 Å². The number of carbonyl (C=O) groups is 1. The lowest BCUT2D eigenvalue weighted by molar-refractivity contribution is -0.116. The highest BCUT2D eigenvalue weighted by molar-refractivity contribution is 5.90. The summed E-state index contributed by atoms with van der Waals surface area (Å²) in [6, 6.07) is 11.2. The van der Waals surface area contributed by atoms with Gasteiger partial charge >= 0.3 is 0 Å². The fraction of sp³-hybridized carbons (Fsp3) is 0.294. The highest BCUT2D eigenvalue weighted by atomic mass is 35.5. The Morgan fingerprint density at radius 1 is 1.21 bits per heavy atom. The number of carbonyl (C=O) groups excluding carboxylic acids is 1. The van der Waals surface area contributed by atoms with E-state index in [-0.39, 0.29) is 36.8 Å². The molecule has 0 saturated heterocycles. The quantitative estimate of drug-likeness (QED) is 0.801. The van der Waals surface area contributed by atoms with Crippen molar-refractivity contribution in [3.05, 3.63) is 48.2 Å². The SMILES string of the molecule is Cc1ccc(Oc2ccc(NC(=O)CCC(C)N)cn2)cc1.Cl.Cl. The molecule has 0 aliphatic heterocycles. The zero-order chi connectivity index (χ0) is 15.9. The first-order chi connectivity index (χ1) is 10.5. The molecule has 1 unspecified atom stereocenters. The van der Waals surface area contributed by atoms with Gasteiger partial charge in [0.05, 0.1) is 11.9 Å². The molecule has 1 amide bonds. The van der Waals surface area contributed by atoms with E-state index in [1.807, 2.05) is 38.1 Å². The minimum Gasteiger partial charge on any atom is -0.439 e. The zero-order valence-corrected chi connectivity index (χ0v) is 15.3. The minimum absolute atomic E-state index is 0. The zero-order valence-electron chi connectivity index (χ0n) is 13.7. The molecule has 1 aromatic carbocycles. The molecule has 0 spiro atoms. The summed E-state index contributed by atoms with van der Waals surface area (Å²) in [5, 5.41) is 2.78. The molecule has 5 nitrogen and oxygen atoms in total. The van der Waals surface area contributed by atoms with Gasteiger partial charge in [0.25, 0.3) is 0 Å². The van der Waals surface area contributed by atoms with E-state index >= 15 is 0 Å². The standard InChI is InChI=1S/C17H21N3O2.2ClH/c1-12-3-7-15(8-4-12)22-17-10-6-14(11-19-17)20-16(21)9-5-13(2)18;;/h3-4,6-8,10-11,13H,5,9,18H2,1-2H3,(H,20,21);2*1H. The summed E-state index contributed by atoms with van der Waals surface area (Å²) >= 11 is 0. The molecular weight excluding hydrogens is 349 g/mol. The van der Waals surface area contributed by atoms with Crippen LogP contribution in [0, 0.1) is 6.92 Å². The van der Waals surface area contributed by atoms with Gasteiger partial charge in [-0.15, -0.1) is 24.8 Å². The van der Waals surface area contributed by atoms with Crippen LogP contribution in [0.5, 0.6) is 11.6 Å². The molecule has 132 valence electrons. The van der Waals surface area contributed by atoms with E-state index in [1.54, 1.807) is 18.3 Å². The Kier molecular flexibility index (Phi) is 10.0. The van der Waals surface area contributed by atoms with Gasteiger partial charge in [0.2, 0.25) is 11.8 Å². The summed E-state index contributed by atoms with van der Waals surface area (Å²) in [6.07, 6.45) is 2.64. The van der Waals surface area contributed by atoms with Crippen LogP contribution >= 0.6 is 24.8 Å². The number of anilines is 1. The number of amides is 1. The normalized spacial score (nSPS) is 10.8. The van der Waals surface area contributed by atoms with E-state index in [4.69, 9.17) is 10.5 Å². The average molecular weight is 372 g/mol. The van der Waals surface area contributed by atoms with Gasteiger partial charge in [-0.3, -0.25) is 4.79 Å². The third kappa shape index (κ3) is 7.64. The van der Waals surface area contributed by atoms with Crippen LogP contribution in [-0.4, -0.2) is 16.9 Å². The van der Waals surface area contributed by atoms with Crippen LogP contribution in [0.1, 0.15) is 25.3 Å². The molecule has 0 fully saturated rings. The van der Waals surface area contributed by atoms with Crippen molar-refractivity contribution in [2.24, 2.45) is 5.73 Å². The molecule has 0 bridgehead atoms. The number of hydrogen-bond donors (Lipinski definition) is 2. The fourth-order valence-electron chi connectivity index (χ4n) is 1.82. The van der Waals surface area contributed by atoms with E-state index in [0.717, 1.165) is 5.75 Å². The molecule has 1 aromatic heterocycles. The van der Waals surface area contributed by atoms with Crippen molar-refractivity contribution in [1.29, 1.82) is 0 Å². The van der Waals surface area contributed by atoms with Gasteiger partial charge in [-0.1, -0.05) is 17.7 Å². The number of pyridine rings is 1. The second-order valence-corrected chi connectivity index (χ2v) is 5.36. The Labute approximate surface area is 154 Å². The first kappa shape index (κ1) is 22.2. The number of benzene rings is 1. The Morgan fingerprint density at radius 3 is 2.42 bits per heavy atom. The van der Waals surface area contributed by atoms with Crippen molar-refractivity contribution in [2.45, 2.75) is 32.7 Å². The summed E-state index contributed by atoms with van der Waals surface area (Å²) in [6.45, 7) is 3.90. The summed E-state index contributed by atoms with van der Waals surface area (Å²) < 4.78 is 5.63. The van der Waals surface area contributed by atoms with Crippen LogP contribution in [0.2, 0.25) is 0 Å². The molecule has 2 rings (SSSR count). The number of aryl methyl sites for hydroxylation is 1. The van der Waals surface area contributed by atoms with Gasteiger partial charge < -0.3 is 15.8 Å². The van der Waals surface area contributed by atoms with Crippen LogP contribution in [0.25, 0.3) is 0 Å². The molecule has 7 heteroatoms. The lowest BCUT2D eigenvalue weighted by atomic mass is 10.2. The smallest absolute Gasteiger partial charge is 0.224 e. The number of ether oxygens (including phenoxy) is 1. The van der Waals surface area contributed by atoms with Crippen molar-refractivity contribution in [1.82, 2.24) is 4.98 Å². The number of rotatable bonds is 6. The summed E-state index contributed by atoms with van der Waals surface area (Å²) in [5.74, 6) is 1.15. The average Bonchev–Trinajstić information content (AvgIpc) is 2.49. The molecule has 3 N–H and O–H groups in total. The Balaban J connectivity index is 0.00000264. The van der Waals surface area contributed by atoms with Crippen LogP contribution in [0.4, 0.5) is 5.69 Å². The highest BCUT2D eigenvalue weighted by Crippen LogP contribution is 2.20. The predicted octanol–water partition coefficient (Wildman–Crippen LogP) is 4.09. The topological polar surface area (TPSA) is 77.2 Å². The lowest BCUT2D eigenvalue weighted by Gasteiger charge is -2.08. The predicted molar refractivity (Wildman–Crippen MR) is 101 cm³/mol. The van der Waals surface area contributed by atoms with E-state index in [9.17, 15) is 4.79 Å². The second kappa shape index (κ2) is 10.9. The maximum atomic E-state index is 11.7. The van der Waals surface area contributed by atoms with Crippen LogP contribution in [-0.2, 0) is 4.79 Å². The van der Waals surface area contributed by atoms with Crippen LogP contribution < -0.4 is 15.8 Å². The molecule has 1 heterocycles. The van der Waals surface area contributed by atoms with Gasteiger partial charge in [-0.25, -0.2) is 4.98 Å². The van der Waals surface area contributed by atoms with Crippen LogP contribution in [0.3, 0.4) is 0 Å². The fourth-order valence-corrected chi connectivity index (χ4v) is 1.82. The molecule has 0 saturated carbocycles. The third-order valence-electron chi connectivity index (χ3n) is 3.09. The van der Waals surface area contributed by atoms with Gasteiger partial charge in [-0.2, -0.15) is 0 Å². The monoisotopic (exact) mass is 371 g/mol. The summed E-state index contributed by atoms with van der Waals surface area (Å²) in [7, 11) is 0. The van der Waals surface area contributed by atoms with E-state index in [2.05, 4.69) is 10.3 Å². The number of halogens is 2. The summed E-state index contributed by atoms with van der Waals surface area (Å²) in [4.78, 5) is 15.9. The van der Waals surface area contributed by atoms with Gasteiger partial charge in [-0.05, 0) is 38.5 Å². The summed E-state index contributed by atoms with van der Waals surface area (Å²) in [5.41, 5.74) is 7.44. The second-order valence-electron chi connectivity index (χ2n) is 5.36. The number of nitrogens with zero attached hydrogens (tertiary/aromatic N) is 1. The van der Waals surface area contributed by atoms with Crippen molar-refractivity contribution in [2.75, 3.05) is 5.32 Å². The van der Waals surface area contributed by atoms with Gasteiger partial charge in [0.15, 0.2) is 0 Å². The maximum Gasteiger partial charge on any atom is 0.224 e. The van der Waals surface area contributed by atoms with Crippen molar-refractivity contribution in [3.8, 4) is 11.6 Å². The van der Waals surface area contributed by atoms with Crippen molar-refractivity contribution in [3.63, 3.8) is 0 Å². The minimum atomic E-state index is -0.0636. The van der Waals surface area contributed by atoms with Gasteiger partial charge in [0.1, 0.15) is 5.75 Å². The number of nitrogens with one attached hydrogen (secondary N) is 1. The largest absolute Gasteiger partial charge is 0.439 e. The molecule has 0 radical (unpaired) electrons. The molecule has 24 heavy (non-hydrogen) atoms. The van der Waals surface area contributed by atoms with E-state index < -0.39 is 0 Å². The number of aromatic nitrogens is 1. The third-order valence-corrected chi connectivity index (χ3v) is 3.09. The highest BCUT2D eigenvalue weighted by Gasteiger charge is 2.05. The molecule has 2 aromatic rings. The van der Waals surface area contributed by atoms with E-state index in [0.29, 0.717) is 24.4 Å². The van der Waals surface area contributed by atoms with Gasteiger partial charge in [0, 0.05) is 18.5 Å². The maximum absolute atomic E-state index is 11.7. The Bertz CT molecular complexity index is 617. The van der Waals surface area contributed by atoms with Crippen molar-refractivity contribution < 1.29 is 9.53 Å². The first-order valence-electron chi connectivity index (χ1n) is 7.29. The Hall–Kier alpha value is -1.82. The Morgan fingerprint density at radius 2 is 1.88 bits per heavy atom. The molecular formula is C17H23Cl2N3O2. The first-order valence-corrected chi connectivity index (χ1v) is 7.29. The molecule has 0 aliphatic carbocycles. The number of nitrogens with two attached hydrogens (primary N) is 1. The van der Waals surface area contributed by atoms with E-state index in [1.165, 1.54) is 5.56 Å². The van der Waals surface area contributed by atoms with Crippen molar-refractivity contribution >= 4 is 36.4 Å².